The number of nitrogens with zero attached hydrogens (tertiary/aromatic N) is 2. The summed E-state index contributed by atoms with van der Waals surface area (Å²) in [7, 11) is 0. The number of aliphatic hydroxyl groups excluding tert-OH is 1. The molecule has 2 saturated heterocycles. The Labute approximate surface area is 160 Å². The van der Waals surface area contributed by atoms with Gasteiger partial charge in [0.25, 0.3) is 0 Å². The molecule has 2 aliphatic heterocycles. The predicted molar refractivity (Wildman–Crippen MR) is 111 cm³/mol. The van der Waals surface area contributed by atoms with E-state index in [9.17, 15) is 5.11 Å². The van der Waals surface area contributed by atoms with Crippen LogP contribution < -0.4 is 20.9 Å². The molecule has 2 aliphatic rings. The number of hydrogen-bond donors (Lipinski definition) is 3. The van der Waals surface area contributed by atoms with E-state index in [-0.39, 0.29) is 6.10 Å². The summed E-state index contributed by atoms with van der Waals surface area (Å²) in [6, 6.07) is 14.5. The van der Waals surface area contributed by atoms with Crippen molar-refractivity contribution >= 4 is 28.4 Å². The standard InChI is InChI=1S/C21H28N4O2/c22-18-6-5-16(15-21(18)24-9-7-17(26)8-10-24)23-19-3-1-2-4-20(19)25-11-13-27-14-12-25/h1-6,15,17,23,26H,7-14,22H2. The van der Waals surface area contributed by atoms with Crippen LogP contribution in [0.3, 0.4) is 0 Å². The first kappa shape index (κ1) is 17.9. The average Bonchev–Trinajstić information content (AvgIpc) is 2.71. The molecule has 2 aromatic rings. The third kappa shape index (κ3) is 4.12. The monoisotopic (exact) mass is 368 g/mol. The highest BCUT2D eigenvalue weighted by molar-refractivity contribution is 5.79. The van der Waals surface area contributed by atoms with Crippen molar-refractivity contribution in [3.63, 3.8) is 0 Å². The van der Waals surface area contributed by atoms with Crippen molar-refractivity contribution in [2.45, 2.75) is 18.9 Å². The Morgan fingerprint density at radius 1 is 0.926 bits per heavy atom. The highest BCUT2D eigenvalue weighted by Gasteiger charge is 2.20. The molecule has 0 aliphatic carbocycles. The molecule has 0 unspecified atom stereocenters. The Hall–Kier alpha value is -2.44. The Morgan fingerprint density at radius 2 is 1.63 bits per heavy atom. The van der Waals surface area contributed by atoms with E-state index < -0.39 is 0 Å². The molecule has 0 amide bonds. The average molecular weight is 368 g/mol. The number of anilines is 5. The van der Waals surface area contributed by atoms with Gasteiger partial charge in [0.05, 0.1) is 42.1 Å². The number of aliphatic hydroxyl groups is 1. The van der Waals surface area contributed by atoms with Gasteiger partial charge in [-0.3, -0.25) is 0 Å². The maximum Gasteiger partial charge on any atom is 0.0642 e. The van der Waals surface area contributed by atoms with E-state index in [1.807, 2.05) is 12.1 Å². The van der Waals surface area contributed by atoms with Crippen LogP contribution in [0.1, 0.15) is 12.8 Å². The summed E-state index contributed by atoms with van der Waals surface area (Å²) < 4.78 is 5.48. The second-order valence-electron chi connectivity index (χ2n) is 7.23. The Bertz CT molecular complexity index is 769. The number of nitrogens with one attached hydrogen (secondary N) is 1. The minimum absolute atomic E-state index is 0.191. The van der Waals surface area contributed by atoms with Gasteiger partial charge in [0.15, 0.2) is 0 Å². The fourth-order valence-corrected chi connectivity index (χ4v) is 3.82. The molecule has 6 nitrogen and oxygen atoms in total. The lowest BCUT2D eigenvalue weighted by Gasteiger charge is -2.33. The zero-order chi connectivity index (χ0) is 18.6. The van der Waals surface area contributed by atoms with Crippen molar-refractivity contribution in [1.82, 2.24) is 0 Å². The highest BCUT2D eigenvalue weighted by atomic mass is 16.5. The first-order valence-corrected chi connectivity index (χ1v) is 9.72. The zero-order valence-electron chi connectivity index (χ0n) is 15.6. The Morgan fingerprint density at radius 3 is 2.41 bits per heavy atom. The summed E-state index contributed by atoms with van der Waals surface area (Å²) in [6.07, 6.45) is 1.39. The first-order chi connectivity index (χ1) is 13.2. The molecule has 0 spiro atoms. The predicted octanol–water partition coefficient (Wildman–Crippen LogP) is 2.81. The van der Waals surface area contributed by atoms with Crippen molar-refractivity contribution in [2.24, 2.45) is 0 Å². The molecule has 6 heteroatoms. The van der Waals surface area contributed by atoms with E-state index in [1.165, 1.54) is 5.69 Å². The maximum atomic E-state index is 9.76. The number of hydrogen-bond acceptors (Lipinski definition) is 6. The van der Waals surface area contributed by atoms with Crippen LogP contribution >= 0.6 is 0 Å². The highest BCUT2D eigenvalue weighted by Crippen LogP contribution is 2.33. The summed E-state index contributed by atoms with van der Waals surface area (Å²) in [4.78, 5) is 4.62. The largest absolute Gasteiger partial charge is 0.397 e. The number of para-hydroxylation sites is 2. The van der Waals surface area contributed by atoms with Crippen molar-refractivity contribution < 1.29 is 9.84 Å². The van der Waals surface area contributed by atoms with Crippen molar-refractivity contribution in [1.29, 1.82) is 0 Å². The quantitative estimate of drug-likeness (QED) is 0.721. The molecule has 0 bridgehead atoms. The van der Waals surface area contributed by atoms with E-state index in [4.69, 9.17) is 10.5 Å². The maximum absolute atomic E-state index is 9.76. The number of morpholine rings is 1. The fraction of sp³-hybridized carbons (Fsp3) is 0.429. The van der Waals surface area contributed by atoms with E-state index >= 15 is 0 Å². The molecule has 4 N–H and O–H groups in total. The molecule has 0 aromatic heterocycles. The van der Waals surface area contributed by atoms with Crippen LogP contribution in [0.2, 0.25) is 0 Å². The van der Waals surface area contributed by atoms with Gasteiger partial charge in [-0.25, -0.2) is 0 Å². The minimum Gasteiger partial charge on any atom is -0.397 e. The van der Waals surface area contributed by atoms with Gasteiger partial charge in [0.2, 0.25) is 0 Å². The summed E-state index contributed by atoms with van der Waals surface area (Å²) in [5.41, 5.74) is 11.4. The van der Waals surface area contributed by atoms with Gasteiger partial charge < -0.3 is 30.7 Å². The molecule has 4 rings (SSSR count). The lowest BCUT2D eigenvalue weighted by atomic mass is 10.1. The number of piperidine rings is 1. The van der Waals surface area contributed by atoms with Crippen LogP contribution in [0, 0.1) is 0 Å². The zero-order valence-corrected chi connectivity index (χ0v) is 15.6. The topological polar surface area (TPSA) is 74.0 Å². The van der Waals surface area contributed by atoms with Gasteiger partial charge in [-0.15, -0.1) is 0 Å². The SMILES string of the molecule is Nc1ccc(Nc2ccccc2N2CCOCC2)cc1N1CCC(O)CC1. The van der Waals surface area contributed by atoms with Crippen LogP contribution in [-0.2, 0) is 4.74 Å². The number of ether oxygens (including phenoxy) is 1. The molecular formula is C21H28N4O2. The summed E-state index contributed by atoms with van der Waals surface area (Å²) >= 11 is 0. The first-order valence-electron chi connectivity index (χ1n) is 9.72. The summed E-state index contributed by atoms with van der Waals surface area (Å²) in [6.45, 7) is 5.00. The van der Waals surface area contributed by atoms with E-state index in [0.29, 0.717) is 0 Å². The molecule has 2 fully saturated rings. The number of benzene rings is 2. The van der Waals surface area contributed by atoms with Crippen LogP contribution in [-0.4, -0.2) is 50.6 Å². The normalized spacial score (nSPS) is 18.6. The Balaban J connectivity index is 1.56. The number of nitrogens with two attached hydrogens (primary N) is 1. The molecule has 0 saturated carbocycles. The fourth-order valence-electron chi connectivity index (χ4n) is 3.82. The molecule has 2 aromatic carbocycles. The molecule has 2 heterocycles. The van der Waals surface area contributed by atoms with Crippen molar-refractivity contribution in [3.05, 3.63) is 42.5 Å². The molecule has 0 radical (unpaired) electrons. The van der Waals surface area contributed by atoms with E-state index in [1.54, 1.807) is 0 Å². The van der Waals surface area contributed by atoms with Crippen molar-refractivity contribution in [2.75, 3.05) is 60.2 Å². The molecule has 144 valence electrons. The van der Waals surface area contributed by atoms with E-state index in [2.05, 4.69) is 45.4 Å². The van der Waals surface area contributed by atoms with Crippen molar-refractivity contribution in [3.8, 4) is 0 Å². The number of rotatable bonds is 4. The van der Waals surface area contributed by atoms with Gasteiger partial charge in [-0.2, -0.15) is 0 Å². The van der Waals surface area contributed by atoms with Gasteiger partial charge >= 0.3 is 0 Å². The van der Waals surface area contributed by atoms with Crippen LogP contribution in [0.4, 0.5) is 28.4 Å². The number of nitrogen functional groups attached to an aromatic ring is 1. The summed E-state index contributed by atoms with van der Waals surface area (Å²) in [5.74, 6) is 0. The Kier molecular flexibility index (Phi) is 5.36. The van der Waals surface area contributed by atoms with E-state index in [0.717, 1.165) is 75.0 Å². The van der Waals surface area contributed by atoms with Gasteiger partial charge in [0.1, 0.15) is 0 Å². The van der Waals surface area contributed by atoms with Crippen LogP contribution in [0.5, 0.6) is 0 Å². The second kappa shape index (κ2) is 8.06. The lowest BCUT2D eigenvalue weighted by Crippen LogP contribution is -2.36. The molecular weight excluding hydrogens is 340 g/mol. The van der Waals surface area contributed by atoms with Gasteiger partial charge in [0, 0.05) is 31.9 Å². The lowest BCUT2D eigenvalue weighted by molar-refractivity contribution is 0.123. The third-order valence-electron chi connectivity index (χ3n) is 5.37. The third-order valence-corrected chi connectivity index (χ3v) is 5.37. The molecule has 0 atom stereocenters. The smallest absolute Gasteiger partial charge is 0.0642 e. The second-order valence-corrected chi connectivity index (χ2v) is 7.23. The van der Waals surface area contributed by atoms with Gasteiger partial charge in [-0.1, -0.05) is 12.1 Å². The van der Waals surface area contributed by atoms with Crippen LogP contribution in [0.15, 0.2) is 42.5 Å². The summed E-state index contributed by atoms with van der Waals surface area (Å²) in [5, 5.41) is 13.3. The minimum atomic E-state index is -0.191. The van der Waals surface area contributed by atoms with Gasteiger partial charge in [-0.05, 0) is 43.2 Å². The van der Waals surface area contributed by atoms with Crippen LogP contribution in [0.25, 0.3) is 0 Å². The molecule has 27 heavy (non-hydrogen) atoms.